The third kappa shape index (κ3) is 1.90. The number of sulfone groups is 1. The SMILES string of the molecule is Nc1ccc(S(=O)(=O)c2ccccc2)cn1. The molecule has 2 N–H and O–H groups in total. The summed E-state index contributed by atoms with van der Waals surface area (Å²) in [7, 11) is -3.47. The predicted molar refractivity (Wildman–Crippen MR) is 60.5 cm³/mol. The van der Waals surface area contributed by atoms with Crippen molar-refractivity contribution >= 4 is 15.7 Å². The van der Waals surface area contributed by atoms with Gasteiger partial charge in [0.25, 0.3) is 0 Å². The zero-order valence-electron chi connectivity index (χ0n) is 8.37. The Balaban J connectivity index is 2.52. The van der Waals surface area contributed by atoms with Crippen LogP contribution in [0.1, 0.15) is 0 Å². The first kappa shape index (κ1) is 10.6. The fraction of sp³-hybridized carbons (Fsp3) is 0. The fourth-order valence-corrected chi connectivity index (χ4v) is 2.51. The number of rotatable bonds is 2. The van der Waals surface area contributed by atoms with E-state index in [-0.39, 0.29) is 9.79 Å². The second-order valence-corrected chi connectivity index (χ2v) is 5.18. The van der Waals surface area contributed by atoms with E-state index in [4.69, 9.17) is 5.73 Å². The second kappa shape index (κ2) is 3.94. The van der Waals surface area contributed by atoms with E-state index in [0.29, 0.717) is 5.82 Å². The van der Waals surface area contributed by atoms with Crippen molar-refractivity contribution in [3.63, 3.8) is 0 Å². The highest BCUT2D eigenvalue weighted by Crippen LogP contribution is 2.19. The van der Waals surface area contributed by atoms with Crippen LogP contribution in [0.3, 0.4) is 0 Å². The minimum atomic E-state index is -3.47. The molecule has 1 aromatic heterocycles. The Hall–Kier alpha value is -1.88. The van der Waals surface area contributed by atoms with Crippen molar-refractivity contribution in [3.8, 4) is 0 Å². The second-order valence-electron chi connectivity index (χ2n) is 3.24. The fourth-order valence-electron chi connectivity index (χ4n) is 1.29. The molecular weight excluding hydrogens is 224 g/mol. The maximum Gasteiger partial charge on any atom is 0.208 e. The highest BCUT2D eigenvalue weighted by atomic mass is 32.2. The molecule has 2 rings (SSSR count). The summed E-state index contributed by atoms with van der Waals surface area (Å²) in [6.07, 6.45) is 1.26. The first-order chi connectivity index (χ1) is 7.60. The maximum atomic E-state index is 12.1. The van der Waals surface area contributed by atoms with Crippen LogP contribution in [0.15, 0.2) is 58.5 Å². The Bertz CT molecular complexity index is 577. The van der Waals surface area contributed by atoms with E-state index >= 15 is 0 Å². The largest absolute Gasteiger partial charge is 0.384 e. The molecule has 16 heavy (non-hydrogen) atoms. The number of benzene rings is 1. The first-order valence-corrected chi connectivity index (χ1v) is 6.11. The molecule has 0 fully saturated rings. The lowest BCUT2D eigenvalue weighted by molar-refractivity contribution is 0.595. The topological polar surface area (TPSA) is 73.1 Å². The summed E-state index contributed by atoms with van der Waals surface area (Å²) < 4.78 is 24.1. The highest BCUT2D eigenvalue weighted by molar-refractivity contribution is 7.91. The Labute approximate surface area is 93.7 Å². The number of aromatic nitrogens is 1. The molecule has 82 valence electrons. The van der Waals surface area contributed by atoms with Crippen LogP contribution in [0, 0.1) is 0 Å². The van der Waals surface area contributed by atoms with Crippen LogP contribution in [0.25, 0.3) is 0 Å². The summed E-state index contributed by atoms with van der Waals surface area (Å²) >= 11 is 0. The molecule has 0 amide bonds. The van der Waals surface area contributed by atoms with E-state index in [1.54, 1.807) is 30.3 Å². The quantitative estimate of drug-likeness (QED) is 0.854. The van der Waals surface area contributed by atoms with Gasteiger partial charge in [0.15, 0.2) is 0 Å². The number of pyridine rings is 1. The highest BCUT2D eigenvalue weighted by Gasteiger charge is 2.16. The minimum Gasteiger partial charge on any atom is -0.384 e. The van der Waals surface area contributed by atoms with Gasteiger partial charge in [0, 0.05) is 6.20 Å². The summed E-state index contributed by atoms with van der Waals surface area (Å²) in [5.41, 5.74) is 5.40. The predicted octanol–water partition coefficient (Wildman–Crippen LogP) is 1.50. The van der Waals surface area contributed by atoms with Gasteiger partial charge in [0.1, 0.15) is 5.82 Å². The molecule has 0 bridgehead atoms. The van der Waals surface area contributed by atoms with Crippen LogP contribution >= 0.6 is 0 Å². The zero-order chi connectivity index (χ0) is 11.6. The van der Waals surface area contributed by atoms with Gasteiger partial charge in [-0.2, -0.15) is 0 Å². The molecule has 1 heterocycles. The van der Waals surface area contributed by atoms with Gasteiger partial charge in [-0.05, 0) is 24.3 Å². The molecule has 2 aromatic rings. The summed E-state index contributed by atoms with van der Waals surface area (Å²) in [5, 5.41) is 0. The summed E-state index contributed by atoms with van der Waals surface area (Å²) in [6.45, 7) is 0. The van der Waals surface area contributed by atoms with Crippen molar-refractivity contribution in [3.05, 3.63) is 48.7 Å². The van der Waals surface area contributed by atoms with E-state index in [2.05, 4.69) is 4.98 Å². The van der Waals surface area contributed by atoms with Gasteiger partial charge in [-0.1, -0.05) is 18.2 Å². The zero-order valence-corrected chi connectivity index (χ0v) is 9.18. The molecule has 0 saturated heterocycles. The third-order valence-electron chi connectivity index (χ3n) is 2.12. The average Bonchev–Trinajstić information content (AvgIpc) is 2.31. The molecule has 4 nitrogen and oxygen atoms in total. The monoisotopic (exact) mass is 234 g/mol. The van der Waals surface area contributed by atoms with Gasteiger partial charge >= 0.3 is 0 Å². The molecule has 0 radical (unpaired) electrons. The number of nitrogens with two attached hydrogens (primary N) is 1. The van der Waals surface area contributed by atoms with E-state index < -0.39 is 9.84 Å². The van der Waals surface area contributed by atoms with Crippen molar-refractivity contribution in [2.24, 2.45) is 0 Å². The van der Waals surface area contributed by atoms with Gasteiger partial charge in [0.05, 0.1) is 9.79 Å². The van der Waals surface area contributed by atoms with Gasteiger partial charge in [-0.15, -0.1) is 0 Å². The first-order valence-electron chi connectivity index (χ1n) is 4.62. The lowest BCUT2D eigenvalue weighted by atomic mass is 10.4. The summed E-state index contributed by atoms with van der Waals surface area (Å²) in [6, 6.07) is 11.1. The van der Waals surface area contributed by atoms with Gasteiger partial charge in [-0.3, -0.25) is 0 Å². The standard InChI is InChI=1S/C11H10N2O2S/c12-11-7-6-10(8-13-11)16(14,15)9-4-2-1-3-5-9/h1-8H,(H2,12,13). The molecule has 5 heteroatoms. The molecule has 0 saturated carbocycles. The third-order valence-corrected chi connectivity index (χ3v) is 3.88. The number of hydrogen-bond acceptors (Lipinski definition) is 4. The summed E-state index contributed by atoms with van der Waals surface area (Å²) in [4.78, 5) is 4.17. The van der Waals surface area contributed by atoms with Crippen molar-refractivity contribution in [1.29, 1.82) is 0 Å². The number of anilines is 1. The van der Waals surface area contributed by atoms with Crippen LogP contribution in [0.5, 0.6) is 0 Å². The van der Waals surface area contributed by atoms with Crippen LogP contribution in [-0.2, 0) is 9.84 Å². The molecule has 0 unspecified atom stereocenters. The Morgan fingerprint density at radius 1 is 0.938 bits per heavy atom. The Kier molecular flexibility index (Phi) is 2.62. The minimum absolute atomic E-state index is 0.146. The van der Waals surface area contributed by atoms with Gasteiger partial charge < -0.3 is 5.73 Å². The van der Waals surface area contributed by atoms with E-state index in [0.717, 1.165) is 0 Å². The van der Waals surface area contributed by atoms with Crippen LogP contribution in [-0.4, -0.2) is 13.4 Å². The molecular formula is C11H10N2O2S. The van der Waals surface area contributed by atoms with Crippen LogP contribution < -0.4 is 5.73 Å². The van der Waals surface area contributed by atoms with Gasteiger partial charge in [0.2, 0.25) is 9.84 Å². The molecule has 0 aliphatic heterocycles. The van der Waals surface area contributed by atoms with Crippen molar-refractivity contribution in [2.45, 2.75) is 9.79 Å². The van der Waals surface area contributed by atoms with Crippen LogP contribution in [0.4, 0.5) is 5.82 Å². The maximum absolute atomic E-state index is 12.1. The molecule has 1 aromatic carbocycles. The number of nitrogen functional groups attached to an aromatic ring is 1. The molecule has 0 spiro atoms. The smallest absolute Gasteiger partial charge is 0.208 e. The normalized spacial score (nSPS) is 11.2. The van der Waals surface area contributed by atoms with Gasteiger partial charge in [-0.25, -0.2) is 13.4 Å². The Morgan fingerprint density at radius 2 is 1.62 bits per heavy atom. The number of nitrogens with zero attached hydrogens (tertiary/aromatic N) is 1. The molecule has 0 aliphatic rings. The average molecular weight is 234 g/mol. The molecule has 0 atom stereocenters. The summed E-state index contributed by atoms with van der Waals surface area (Å²) in [5.74, 6) is 0.298. The lowest BCUT2D eigenvalue weighted by Gasteiger charge is -2.03. The van der Waals surface area contributed by atoms with E-state index in [1.807, 2.05) is 0 Å². The lowest BCUT2D eigenvalue weighted by Crippen LogP contribution is -2.02. The van der Waals surface area contributed by atoms with E-state index in [1.165, 1.54) is 18.3 Å². The number of hydrogen-bond donors (Lipinski definition) is 1. The van der Waals surface area contributed by atoms with Crippen molar-refractivity contribution in [2.75, 3.05) is 5.73 Å². The van der Waals surface area contributed by atoms with E-state index in [9.17, 15) is 8.42 Å². The van der Waals surface area contributed by atoms with Crippen molar-refractivity contribution < 1.29 is 8.42 Å². The Morgan fingerprint density at radius 3 is 2.19 bits per heavy atom. The molecule has 0 aliphatic carbocycles. The van der Waals surface area contributed by atoms with Crippen LogP contribution in [0.2, 0.25) is 0 Å². The van der Waals surface area contributed by atoms with Crippen molar-refractivity contribution in [1.82, 2.24) is 4.98 Å².